The molecule has 0 radical (unpaired) electrons. The number of likely N-dealkylation sites (tertiary alicyclic amines) is 1. The number of nitrogens with zero attached hydrogens (tertiary/aromatic N) is 7. The van der Waals surface area contributed by atoms with Gasteiger partial charge in [-0.3, -0.25) is 29.3 Å². The molecule has 7 heterocycles. The highest BCUT2D eigenvalue weighted by Gasteiger charge is 2.44. The Labute approximate surface area is 404 Å². The van der Waals surface area contributed by atoms with Crippen molar-refractivity contribution in [3.05, 3.63) is 113 Å². The molecule has 16 nitrogen and oxygen atoms in total. The summed E-state index contributed by atoms with van der Waals surface area (Å²) in [7, 11) is 0. The van der Waals surface area contributed by atoms with Crippen molar-refractivity contribution >= 4 is 40.9 Å². The average Bonchev–Trinajstić information content (AvgIpc) is 3.94. The predicted octanol–water partition coefficient (Wildman–Crippen LogP) is 6.03. The van der Waals surface area contributed by atoms with Crippen LogP contribution in [0.4, 0.5) is 14.6 Å². The van der Waals surface area contributed by atoms with E-state index in [1.165, 1.54) is 6.20 Å². The minimum atomic E-state index is -1.38. The van der Waals surface area contributed by atoms with Gasteiger partial charge in [0.1, 0.15) is 40.9 Å². The fraction of sp³-hybridized carbons (Fsp3) is 0.423. The third-order valence-corrected chi connectivity index (χ3v) is 14.3. The number of piperidine rings is 3. The van der Waals surface area contributed by atoms with Gasteiger partial charge in [-0.2, -0.15) is 10.4 Å². The molecule has 2 aromatic carbocycles. The van der Waals surface area contributed by atoms with Gasteiger partial charge in [-0.15, -0.1) is 0 Å². The maximum absolute atomic E-state index is 14.8. The average molecular weight is 955 g/mol. The van der Waals surface area contributed by atoms with Gasteiger partial charge in [-0.25, -0.2) is 18.3 Å². The molecular weight excluding hydrogens is 899 g/mol. The summed E-state index contributed by atoms with van der Waals surface area (Å²) in [6.45, 7) is 6.63. The third-order valence-electron chi connectivity index (χ3n) is 14.3. The highest BCUT2D eigenvalue weighted by molar-refractivity contribution is 6.05. The van der Waals surface area contributed by atoms with Crippen molar-refractivity contribution in [1.82, 2.24) is 40.3 Å². The summed E-state index contributed by atoms with van der Waals surface area (Å²) >= 11 is 0. The smallest absolute Gasteiger partial charge is 0.255 e. The largest absolute Gasteiger partial charge is 0.492 e. The molecule has 364 valence electrons. The number of nitrogens with one attached hydrogen (secondary N) is 3. The van der Waals surface area contributed by atoms with Gasteiger partial charge in [0.05, 0.1) is 35.6 Å². The Bertz CT molecular complexity index is 2850. The minimum Gasteiger partial charge on any atom is -0.492 e. The standard InChI is InChI=1S/C52H56F2N10O6/c1-2-70-39-27-40(47-37(28-55)30-58-64(47)32-39)35-9-13-45(57-29-35)62-23-17-52(18-24-62,60-48(66)42-26-38(53)10-11-43(42)54)51(69)56-19-5-3-4-6-20-61-21-15-33(16-22-61)34-7-8-36-31-63(50(68)41(36)25-34)44-12-14-46(65)59-49(44)67/h7-11,13,25-27,29-30,32-33,44H,2-6,12,14-24,31H2,1H3,(H,56,69)(H,60,66)(H,59,65,67). The molecule has 3 N–H and O–H groups in total. The second-order valence-electron chi connectivity index (χ2n) is 18.6. The fourth-order valence-corrected chi connectivity index (χ4v) is 10.4. The van der Waals surface area contributed by atoms with Crippen LogP contribution in [0.25, 0.3) is 16.6 Å². The Morgan fingerprint density at radius 2 is 1.73 bits per heavy atom. The lowest BCUT2D eigenvalue weighted by Crippen LogP contribution is -2.63. The Morgan fingerprint density at radius 1 is 0.929 bits per heavy atom. The highest BCUT2D eigenvalue weighted by Crippen LogP contribution is 2.35. The second-order valence-corrected chi connectivity index (χ2v) is 18.6. The van der Waals surface area contributed by atoms with E-state index >= 15 is 0 Å². The number of ether oxygens (including phenoxy) is 1. The summed E-state index contributed by atoms with van der Waals surface area (Å²) in [5.41, 5.74) is 3.37. The van der Waals surface area contributed by atoms with E-state index in [0.29, 0.717) is 73.3 Å². The molecule has 4 aliphatic heterocycles. The van der Waals surface area contributed by atoms with Gasteiger partial charge in [0, 0.05) is 55.5 Å². The molecule has 3 saturated heterocycles. The Balaban J connectivity index is 0.753. The Kier molecular flexibility index (Phi) is 14.2. The zero-order valence-corrected chi connectivity index (χ0v) is 39.1. The fourth-order valence-electron chi connectivity index (χ4n) is 10.4. The molecule has 1 atom stereocenters. The number of unbranched alkanes of at least 4 members (excludes halogenated alkanes) is 3. The SMILES string of the molecule is CCOc1cc(-c2ccc(N3CCC(NC(=O)c4cc(F)ccc4F)(C(=O)NCCCCCCN4CCC(c5ccc6c(c5)C(=O)N(C5CCC(=O)NC5=O)C6)CC4)CC3)nc2)c2c(C#N)cnn2c1. The number of imide groups is 1. The first-order chi connectivity index (χ1) is 33.9. The van der Waals surface area contributed by atoms with Crippen LogP contribution in [-0.4, -0.2) is 111 Å². The lowest BCUT2D eigenvalue weighted by Gasteiger charge is -2.41. The van der Waals surface area contributed by atoms with E-state index in [1.54, 1.807) is 21.8 Å². The van der Waals surface area contributed by atoms with Crippen LogP contribution >= 0.6 is 0 Å². The van der Waals surface area contributed by atoms with Crippen molar-refractivity contribution in [1.29, 1.82) is 5.26 Å². The minimum absolute atomic E-state index is 0.151. The maximum atomic E-state index is 14.8. The van der Waals surface area contributed by atoms with E-state index in [0.717, 1.165) is 98.6 Å². The highest BCUT2D eigenvalue weighted by atomic mass is 19.1. The first kappa shape index (κ1) is 47.8. The number of anilines is 1. The van der Waals surface area contributed by atoms with Crippen molar-refractivity contribution in [2.24, 2.45) is 0 Å². The van der Waals surface area contributed by atoms with Gasteiger partial charge in [-0.05, 0) is 131 Å². The van der Waals surface area contributed by atoms with Crippen LogP contribution in [0.3, 0.4) is 0 Å². The molecule has 5 amide bonds. The van der Waals surface area contributed by atoms with Gasteiger partial charge in [0.15, 0.2) is 0 Å². The van der Waals surface area contributed by atoms with Crippen LogP contribution < -0.4 is 25.6 Å². The van der Waals surface area contributed by atoms with Crippen LogP contribution in [0.2, 0.25) is 0 Å². The number of aromatic nitrogens is 3. The van der Waals surface area contributed by atoms with Crippen LogP contribution in [0.5, 0.6) is 5.75 Å². The summed E-state index contributed by atoms with van der Waals surface area (Å²) in [6, 6.07) is 16.0. The van der Waals surface area contributed by atoms with Crippen molar-refractivity contribution in [2.75, 3.05) is 50.8 Å². The monoisotopic (exact) mass is 954 g/mol. The molecule has 0 aliphatic carbocycles. The van der Waals surface area contributed by atoms with Crippen LogP contribution in [0.1, 0.15) is 114 Å². The van der Waals surface area contributed by atoms with Gasteiger partial charge in [0.25, 0.3) is 11.8 Å². The number of pyridine rings is 2. The quantitative estimate of drug-likeness (QED) is 0.0773. The summed E-state index contributed by atoms with van der Waals surface area (Å²) in [6.07, 6.45) is 11.4. The van der Waals surface area contributed by atoms with Crippen LogP contribution in [0, 0.1) is 23.0 Å². The van der Waals surface area contributed by atoms with Gasteiger partial charge in [-0.1, -0.05) is 25.0 Å². The number of fused-ring (bicyclic) bond motifs is 2. The predicted molar refractivity (Wildman–Crippen MR) is 255 cm³/mol. The number of rotatable bonds is 16. The molecule has 3 fully saturated rings. The number of nitriles is 1. The first-order valence-electron chi connectivity index (χ1n) is 24.2. The van der Waals surface area contributed by atoms with Gasteiger partial charge < -0.3 is 30.1 Å². The summed E-state index contributed by atoms with van der Waals surface area (Å²) in [4.78, 5) is 75.9. The van der Waals surface area contributed by atoms with Gasteiger partial charge >= 0.3 is 0 Å². The molecule has 5 aromatic rings. The number of amides is 5. The number of hydrogen-bond donors (Lipinski definition) is 3. The molecule has 4 aliphatic rings. The van der Waals surface area contributed by atoms with E-state index < -0.39 is 40.6 Å². The number of halogens is 2. The maximum Gasteiger partial charge on any atom is 0.255 e. The Hall–Kier alpha value is -7.26. The van der Waals surface area contributed by atoms with Gasteiger partial charge in [0.2, 0.25) is 17.7 Å². The molecule has 70 heavy (non-hydrogen) atoms. The van der Waals surface area contributed by atoms with Crippen molar-refractivity contribution < 1.29 is 37.5 Å². The molecule has 0 saturated carbocycles. The molecule has 9 rings (SSSR count). The number of carbonyl (C=O) groups is 5. The number of carbonyl (C=O) groups excluding carboxylic acids is 5. The zero-order chi connectivity index (χ0) is 48.9. The lowest BCUT2D eigenvalue weighted by molar-refractivity contribution is -0.137. The zero-order valence-electron chi connectivity index (χ0n) is 39.1. The lowest BCUT2D eigenvalue weighted by atomic mass is 9.85. The topological polar surface area (TPSA) is 194 Å². The van der Waals surface area contributed by atoms with E-state index in [9.17, 15) is 38.0 Å². The van der Waals surface area contributed by atoms with E-state index in [2.05, 4.69) is 38.1 Å². The van der Waals surface area contributed by atoms with Crippen molar-refractivity contribution in [3.63, 3.8) is 0 Å². The first-order valence-corrected chi connectivity index (χ1v) is 24.2. The molecule has 18 heteroatoms. The summed E-state index contributed by atoms with van der Waals surface area (Å²) in [5.74, 6) is -2.19. The Morgan fingerprint density at radius 3 is 2.47 bits per heavy atom. The molecule has 0 spiro atoms. The molecule has 3 aromatic heterocycles. The molecular formula is C52H56F2N10O6. The van der Waals surface area contributed by atoms with E-state index in [1.807, 2.05) is 42.2 Å². The number of hydrogen-bond acceptors (Lipinski definition) is 11. The van der Waals surface area contributed by atoms with E-state index in [4.69, 9.17) is 9.72 Å². The van der Waals surface area contributed by atoms with Crippen LogP contribution in [0.15, 0.2) is 73.2 Å². The number of benzene rings is 2. The second kappa shape index (κ2) is 20.8. The summed E-state index contributed by atoms with van der Waals surface area (Å²) in [5, 5.41) is 22.3. The van der Waals surface area contributed by atoms with Crippen molar-refractivity contribution in [3.8, 4) is 22.9 Å². The normalized spacial score (nSPS) is 18.4. The summed E-state index contributed by atoms with van der Waals surface area (Å²) < 4.78 is 36.3. The third kappa shape index (κ3) is 10.1. The van der Waals surface area contributed by atoms with Crippen molar-refractivity contribution in [2.45, 2.75) is 95.2 Å². The molecule has 1 unspecified atom stereocenters. The van der Waals surface area contributed by atoms with Crippen LogP contribution in [-0.2, 0) is 20.9 Å². The van der Waals surface area contributed by atoms with E-state index in [-0.39, 0.29) is 37.0 Å². The molecule has 0 bridgehead atoms.